The van der Waals surface area contributed by atoms with Crippen LogP contribution >= 0.6 is 0 Å². The topological polar surface area (TPSA) is 61.0 Å². The minimum absolute atomic E-state index is 0.102. The summed E-state index contributed by atoms with van der Waals surface area (Å²) in [6.07, 6.45) is 10.2. The molecule has 0 unspecified atom stereocenters. The maximum absolute atomic E-state index is 13.2. The van der Waals surface area contributed by atoms with E-state index in [2.05, 4.69) is 32.3 Å². The van der Waals surface area contributed by atoms with Gasteiger partial charge >= 0.3 is 0 Å². The van der Waals surface area contributed by atoms with Crippen LogP contribution in [0.4, 0.5) is 10.1 Å². The van der Waals surface area contributed by atoms with Gasteiger partial charge in [0, 0.05) is 42.5 Å². The van der Waals surface area contributed by atoms with Crippen molar-refractivity contribution in [1.29, 1.82) is 0 Å². The standard InChI is InChI=1S/C27H29FN4O/c28-25-12-8-21(9-13-25)7-10-23-18-24(11-14-26(23)32-16-3-1-2-4-17-32)27(33)29-15-5-6-22-19-30-31-20-22/h8-9,11-14,18-20H,1-6,15-17H2,(H,29,33)(H,30,31). The van der Waals surface area contributed by atoms with Crippen LogP contribution in [0.15, 0.2) is 54.9 Å². The Morgan fingerprint density at radius 1 is 1.06 bits per heavy atom. The lowest BCUT2D eigenvalue weighted by atomic mass is 10.1. The van der Waals surface area contributed by atoms with E-state index in [9.17, 15) is 9.18 Å². The number of halogens is 1. The predicted octanol–water partition coefficient (Wildman–Crippen LogP) is 4.69. The van der Waals surface area contributed by atoms with Gasteiger partial charge in [-0.15, -0.1) is 0 Å². The molecule has 1 aliphatic heterocycles. The number of nitrogens with zero attached hydrogens (tertiary/aromatic N) is 2. The van der Waals surface area contributed by atoms with E-state index < -0.39 is 0 Å². The van der Waals surface area contributed by atoms with Crippen molar-refractivity contribution < 1.29 is 9.18 Å². The number of carbonyl (C=O) groups excluding carboxylic acids is 1. The number of hydrogen-bond acceptors (Lipinski definition) is 3. The zero-order chi connectivity index (χ0) is 22.9. The van der Waals surface area contributed by atoms with Crippen molar-refractivity contribution in [2.24, 2.45) is 0 Å². The molecule has 5 nitrogen and oxygen atoms in total. The lowest BCUT2D eigenvalue weighted by molar-refractivity contribution is 0.0953. The van der Waals surface area contributed by atoms with Crippen LogP contribution in [0.3, 0.4) is 0 Å². The van der Waals surface area contributed by atoms with Crippen LogP contribution in [-0.2, 0) is 6.42 Å². The van der Waals surface area contributed by atoms with E-state index in [4.69, 9.17) is 0 Å². The molecule has 1 amide bonds. The third kappa shape index (κ3) is 6.45. The number of carbonyl (C=O) groups is 1. The van der Waals surface area contributed by atoms with Crippen molar-refractivity contribution in [1.82, 2.24) is 15.5 Å². The Morgan fingerprint density at radius 2 is 1.85 bits per heavy atom. The van der Waals surface area contributed by atoms with E-state index >= 15 is 0 Å². The van der Waals surface area contributed by atoms with Gasteiger partial charge in [-0.3, -0.25) is 9.89 Å². The number of aromatic nitrogens is 2. The quantitative estimate of drug-likeness (QED) is 0.428. The average molecular weight is 445 g/mol. The van der Waals surface area contributed by atoms with Gasteiger partial charge in [0.2, 0.25) is 0 Å². The van der Waals surface area contributed by atoms with E-state index in [1.54, 1.807) is 18.3 Å². The summed E-state index contributed by atoms with van der Waals surface area (Å²) in [7, 11) is 0. The van der Waals surface area contributed by atoms with Crippen molar-refractivity contribution in [2.75, 3.05) is 24.5 Å². The van der Waals surface area contributed by atoms with Crippen LogP contribution in [0.1, 0.15) is 59.2 Å². The fraction of sp³-hybridized carbons (Fsp3) is 0.333. The summed E-state index contributed by atoms with van der Waals surface area (Å²) < 4.78 is 13.2. The van der Waals surface area contributed by atoms with E-state index in [1.165, 1.54) is 25.0 Å². The Labute approximate surface area is 194 Å². The van der Waals surface area contributed by atoms with Crippen LogP contribution in [0.5, 0.6) is 0 Å². The third-order valence-electron chi connectivity index (χ3n) is 5.87. The molecule has 1 fully saturated rings. The summed E-state index contributed by atoms with van der Waals surface area (Å²) in [6.45, 7) is 2.57. The second-order valence-corrected chi connectivity index (χ2v) is 8.36. The zero-order valence-electron chi connectivity index (χ0n) is 18.7. The largest absolute Gasteiger partial charge is 0.371 e. The highest BCUT2D eigenvalue weighted by Crippen LogP contribution is 2.25. The fourth-order valence-electron chi connectivity index (χ4n) is 4.05. The molecule has 6 heteroatoms. The molecule has 0 radical (unpaired) electrons. The van der Waals surface area contributed by atoms with Crippen LogP contribution in [0, 0.1) is 17.7 Å². The van der Waals surface area contributed by atoms with E-state index in [-0.39, 0.29) is 11.7 Å². The Morgan fingerprint density at radius 3 is 2.58 bits per heavy atom. The molecule has 170 valence electrons. The van der Waals surface area contributed by atoms with Crippen molar-refractivity contribution >= 4 is 11.6 Å². The Bertz CT molecular complexity index is 1110. The fourth-order valence-corrected chi connectivity index (χ4v) is 4.05. The molecule has 1 aliphatic rings. The number of aromatic amines is 1. The molecule has 0 aliphatic carbocycles. The van der Waals surface area contributed by atoms with E-state index in [1.807, 2.05) is 24.4 Å². The monoisotopic (exact) mass is 444 g/mol. The second kappa shape index (κ2) is 11.3. The van der Waals surface area contributed by atoms with Gasteiger partial charge in [0.15, 0.2) is 0 Å². The number of H-pyrrole nitrogens is 1. The number of anilines is 1. The molecule has 33 heavy (non-hydrogen) atoms. The number of nitrogens with one attached hydrogen (secondary N) is 2. The number of amides is 1. The number of hydrogen-bond donors (Lipinski definition) is 2. The van der Waals surface area contributed by atoms with Gasteiger partial charge in [0.05, 0.1) is 11.9 Å². The first-order valence-corrected chi connectivity index (χ1v) is 11.6. The van der Waals surface area contributed by atoms with Gasteiger partial charge in [-0.1, -0.05) is 24.7 Å². The third-order valence-corrected chi connectivity index (χ3v) is 5.87. The van der Waals surface area contributed by atoms with Crippen LogP contribution in [-0.4, -0.2) is 35.7 Å². The molecule has 1 saturated heterocycles. The summed E-state index contributed by atoms with van der Waals surface area (Å²) in [6, 6.07) is 11.9. The molecule has 1 aromatic heterocycles. The van der Waals surface area contributed by atoms with Crippen LogP contribution in [0.2, 0.25) is 0 Å². The smallest absolute Gasteiger partial charge is 0.251 e. The zero-order valence-corrected chi connectivity index (χ0v) is 18.7. The predicted molar refractivity (Wildman–Crippen MR) is 129 cm³/mol. The highest BCUT2D eigenvalue weighted by atomic mass is 19.1. The number of benzene rings is 2. The van der Waals surface area contributed by atoms with Gasteiger partial charge in [0.25, 0.3) is 5.91 Å². The molecule has 0 bridgehead atoms. The van der Waals surface area contributed by atoms with Gasteiger partial charge in [-0.05, 0) is 73.7 Å². The molecule has 2 N–H and O–H groups in total. The summed E-state index contributed by atoms with van der Waals surface area (Å²) >= 11 is 0. The highest BCUT2D eigenvalue weighted by Gasteiger charge is 2.15. The Balaban J connectivity index is 1.51. The number of rotatable bonds is 6. The molecule has 3 aromatic rings. The SMILES string of the molecule is O=C(NCCCc1cn[nH]c1)c1ccc(N2CCCCCC2)c(C#Cc2ccc(F)cc2)c1. The maximum atomic E-state index is 13.2. The van der Waals surface area contributed by atoms with Crippen molar-refractivity contribution in [3.63, 3.8) is 0 Å². The van der Waals surface area contributed by atoms with Gasteiger partial charge in [0.1, 0.15) is 5.82 Å². The molecule has 0 spiro atoms. The van der Waals surface area contributed by atoms with Gasteiger partial charge in [-0.25, -0.2) is 4.39 Å². The van der Waals surface area contributed by atoms with Crippen molar-refractivity contribution in [3.05, 3.63) is 82.9 Å². The first kappa shape index (κ1) is 22.6. The minimum atomic E-state index is -0.280. The molecular weight excluding hydrogens is 415 g/mol. The molecule has 0 saturated carbocycles. The number of aryl methyl sites for hydroxylation is 1. The minimum Gasteiger partial charge on any atom is -0.371 e. The maximum Gasteiger partial charge on any atom is 0.251 e. The molecule has 0 atom stereocenters. The molecule has 2 heterocycles. The summed E-state index contributed by atoms with van der Waals surface area (Å²) in [4.78, 5) is 15.1. The normalized spacial score (nSPS) is 13.7. The molecular formula is C27H29FN4O. The van der Waals surface area contributed by atoms with Crippen molar-refractivity contribution in [2.45, 2.75) is 38.5 Å². The summed E-state index contributed by atoms with van der Waals surface area (Å²) in [5, 5.41) is 9.75. The lowest BCUT2D eigenvalue weighted by Crippen LogP contribution is -2.26. The Hall–Kier alpha value is -3.59. The summed E-state index contributed by atoms with van der Waals surface area (Å²) in [5.74, 6) is 5.99. The van der Waals surface area contributed by atoms with Crippen molar-refractivity contribution in [3.8, 4) is 11.8 Å². The Kier molecular flexibility index (Phi) is 7.76. The van der Waals surface area contributed by atoms with E-state index in [0.717, 1.165) is 61.2 Å². The second-order valence-electron chi connectivity index (χ2n) is 8.36. The van der Waals surface area contributed by atoms with Crippen LogP contribution in [0.25, 0.3) is 0 Å². The van der Waals surface area contributed by atoms with Gasteiger partial charge < -0.3 is 10.2 Å². The first-order chi connectivity index (χ1) is 16.2. The summed E-state index contributed by atoms with van der Waals surface area (Å²) in [5.41, 5.74) is 4.35. The first-order valence-electron chi connectivity index (χ1n) is 11.6. The lowest BCUT2D eigenvalue weighted by Gasteiger charge is -2.24. The average Bonchev–Trinajstić information content (AvgIpc) is 3.21. The highest BCUT2D eigenvalue weighted by molar-refractivity contribution is 5.95. The molecule has 2 aromatic carbocycles. The van der Waals surface area contributed by atoms with Crippen LogP contribution < -0.4 is 10.2 Å². The van der Waals surface area contributed by atoms with E-state index in [0.29, 0.717) is 12.1 Å². The molecule has 4 rings (SSSR count). The van der Waals surface area contributed by atoms with Gasteiger partial charge in [-0.2, -0.15) is 5.10 Å².